The van der Waals surface area contributed by atoms with Gasteiger partial charge in [-0.1, -0.05) is 12.1 Å². The van der Waals surface area contributed by atoms with Gasteiger partial charge in [0.15, 0.2) is 17.0 Å². The van der Waals surface area contributed by atoms with E-state index in [2.05, 4.69) is 25.3 Å². The van der Waals surface area contributed by atoms with Crippen LogP contribution in [0.5, 0.6) is 0 Å². The second kappa shape index (κ2) is 5.72. The number of benzene rings is 1. The van der Waals surface area contributed by atoms with E-state index in [1.165, 1.54) is 6.20 Å². The van der Waals surface area contributed by atoms with Crippen molar-refractivity contribution in [2.75, 3.05) is 16.8 Å². The SMILES string of the molecule is Nc1nc(N)c2nc(NCc3ccc(C(=O)O)cc3)cnc2n1. The van der Waals surface area contributed by atoms with Crippen molar-refractivity contribution in [1.29, 1.82) is 0 Å². The van der Waals surface area contributed by atoms with Crippen LogP contribution in [-0.4, -0.2) is 31.0 Å². The summed E-state index contributed by atoms with van der Waals surface area (Å²) in [6.45, 7) is 0.454. The number of aromatic nitrogens is 4. The zero-order valence-electron chi connectivity index (χ0n) is 11.9. The van der Waals surface area contributed by atoms with Crippen LogP contribution >= 0.6 is 0 Å². The molecule has 0 amide bonds. The van der Waals surface area contributed by atoms with E-state index in [0.29, 0.717) is 23.5 Å². The van der Waals surface area contributed by atoms with E-state index in [9.17, 15) is 4.79 Å². The number of nitrogens with two attached hydrogens (primary N) is 2. The summed E-state index contributed by atoms with van der Waals surface area (Å²) in [5.41, 5.74) is 13.1. The Kier molecular flexibility index (Phi) is 3.59. The highest BCUT2D eigenvalue weighted by Gasteiger charge is 2.07. The summed E-state index contributed by atoms with van der Waals surface area (Å²) in [6, 6.07) is 6.53. The van der Waals surface area contributed by atoms with Crippen molar-refractivity contribution in [3.63, 3.8) is 0 Å². The average Bonchev–Trinajstić information content (AvgIpc) is 2.53. The van der Waals surface area contributed by atoms with Gasteiger partial charge in [-0.2, -0.15) is 9.97 Å². The Hall–Kier alpha value is -3.49. The van der Waals surface area contributed by atoms with Gasteiger partial charge < -0.3 is 21.9 Å². The fourth-order valence-electron chi connectivity index (χ4n) is 1.99. The zero-order chi connectivity index (χ0) is 16.4. The number of nitrogens with one attached hydrogen (secondary N) is 1. The van der Waals surface area contributed by atoms with Crippen molar-refractivity contribution < 1.29 is 9.90 Å². The van der Waals surface area contributed by atoms with Crippen molar-refractivity contribution in [3.8, 4) is 0 Å². The lowest BCUT2D eigenvalue weighted by Crippen LogP contribution is -2.06. The molecule has 116 valence electrons. The lowest BCUT2D eigenvalue weighted by atomic mass is 10.1. The Morgan fingerprint density at radius 2 is 1.87 bits per heavy atom. The van der Waals surface area contributed by atoms with Crippen molar-refractivity contribution in [1.82, 2.24) is 19.9 Å². The second-order valence-corrected chi connectivity index (χ2v) is 4.75. The molecule has 23 heavy (non-hydrogen) atoms. The van der Waals surface area contributed by atoms with Crippen molar-refractivity contribution in [2.24, 2.45) is 0 Å². The third-order valence-electron chi connectivity index (χ3n) is 3.13. The van der Waals surface area contributed by atoms with E-state index < -0.39 is 5.97 Å². The van der Waals surface area contributed by atoms with Crippen LogP contribution in [0, 0.1) is 0 Å². The van der Waals surface area contributed by atoms with Gasteiger partial charge >= 0.3 is 5.97 Å². The van der Waals surface area contributed by atoms with Gasteiger partial charge in [0.1, 0.15) is 5.82 Å². The van der Waals surface area contributed by atoms with Crippen LogP contribution in [0.2, 0.25) is 0 Å². The maximum atomic E-state index is 10.8. The minimum atomic E-state index is -0.959. The van der Waals surface area contributed by atoms with Crippen LogP contribution in [0.3, 0.4) is 0 Å². The second-order valence-electron chi connectivity index (χ2n) is 4.75. The predicted octanol–water partition coefficient (Wildman–Crippen LogP) is 0.894. The summed E-state index contributed by atoms with van der Waals surface area (Å²) in [6.07, 6.45) is 1.51. The first kappa shape index (κ1) is 14.4. The molecule has 0 saturated carbocycles. The Labute approximate surface area is 130 Å². The van der Waals surface area contributed by atoms with Crippen molar-refractivity contribution in [3.05, 3.63) is 41.6 Å². The molecule has 3 rings (SSSR count). The monoisotopic (exact) mass is 311 g/mol. The molecule has 2 aromatic heterocycles. The highest BCUT2D eigenvalue weighted by Crippen LogP contribution is 2.17. The summed E-state index contributed by atoms with van der Waals surface area (Å²) in [5, 5.41) is 11.9. The summed E-state index contributed by atoms with van der Waals surface area (Å²) < 4.78 is 0. The van der Waals surface area contributed by atoms with Crippen LogP contribution in [-0.2, 0) is 6.54 Å². The van der Waals surface area contributed by atoms with Crippen LogP contribution in [0.1, 0.15) is 15.9 Å². The fraction of sp³-hybridized carbons (Fsp3) is 0.0714. The molecule has 3 aromatic rings. The molecule has 9 nitrogen and oxygen atoms in total. The number of rotatable bonds is 4. The molecule has 6 N–H and O–H groups in total. The van der Waals surface area contributed by atoms with Gasteiger partial charge in [-0.15, -0.1) is 0 Å². The van der Waals surface area contributed by atoms with E-state index >= 15 is 0 Å². The van der Waals surface area contributed by atoms with E-state index in [1.807, 2.05) is 0 Å². The largest absolute Gasteiger partial charge is 0.478 e. The van der Waals surface area contributed by atoms with Crippen LogP contribution in [0.4, 0.5) is 17.6 Å². The van der Waals surface area contributed by atoms with Crippen LogP contribution in [0.25, 0.3) is 11.2 Å². The number of carboxylic acids is 1. The third kappa shape index (κ3) is 3.07. The van der Waals surface area contributed by atoms with Crippen LogP contribution < -0.4 is 16.8 Å². The van der Waals surface area contributed by atoms with Crippen LogP contribution in [0.15, 0.2) is 30.5 Å². The Morgan fingerprint density at radius 3 is 2.57 bits per heavy atom. The first-order valence-electron chi connectivity index (χ1n) is 6.65. The van der Waals surface area contributed by atoms with E-state index in [0.717, 1.165) is 5.56 Å². The lowest BCUT2D eigenvalue weighted by molar-refractivity contribution is 0.0697. The minimum absolute atomic E-state index is 0.0449. The van der Waals surface area contributed by atoms with Gasteiger partial charge in [0.25, 0.3) is 0 Å². The zero-order valence-corrected chi connectivity index (χ0v) is 11.9. The molecular weight excluding hydrogens is 298 g/mol. The Bertz CT molecular complexity index is 880. The summed E-state index contributed by atoms with van der Waals surface area (Å²) in [5.74, 6) is -0.252. The molecule has 0 aliphatic rings. The molecule has 0 aliphatic carbocycles. The average molecular weight is 311 g/mol. The Morgan fingerprint density at radius 1 is 1.13 bits per heavy atom. The molecule has 1 aromatic carbocycles. The molecular formula is C14H13N7O2. The molecule has 0 fully saturated rings. The first-order chi connectivity index (χ1) is 11.0. The molecule has 0 radical (unpaired) electrons. The normalized spacial score (nSPS) is 10.6. The molecule has 0 unspecified atom stereocenters. The number of nitrogens with zero attached hydrogens (tertiary/aromatic N) is 4. The first-order valence-corrected chi connectivity index (χ1v) is 6.65. The van der Waals surface area contributed by atoms with E-state index in [-0.39, 0.29) is 17.3 Å². The van der Waals surface area contributed by atoms with E-state index in [4.69, 9.17) is 16.6 Å². The third-order valence-corrected chi connectivity index (χ3v) is 3.13. The molecule has 9 heteroatoms. The standard InChI is InChI=1S/C14H13N7O2/c15-11-10-12(21-14(16)20-11)18-6-9(19-10)17-5-7-1-3-8(4-2-7)13(22)23/h1-4,6H,5H2,(H,17,19)(H,22,23)(H4,15,16,18,20,21). The number of anilines is 3. The van der Waals surface area contributed by atoms with Gasteiger partial charge in [0, 0.05) is 6.54 Å². The summed E-state index contributed by atoms with van der Waals surface area (Å²) >= 11 is 0. The molecule has 0 atom stereocenters. The minimum Gasteiger partial charge on any atom is -0.478 e. The number of hydrogen-bond donors (Lipinski definition) is 4. The highest BCUT2D eigenvalue weighted by atomic mass is 16.4. The number of aromatic carboxylic acids is 1. The number of hydrogen-bond acceptors (Lipinski definition) is 8. The van der Waals surface area contributed by atoms with Gasteiger partial charge in [-0.25, -0.2) is 14.8 Å². The molecule has 0 spiro atoms. The predicted molar refractivity (Wildman–Crippen MR) is 84.7 cm³/mol. The number of carbonyl (C=O) groups is 1. The molecule has 0 aliphatic heterocycles. The fourth-order valence-corrected chi connectivity index (χ4v) is 1.99. The molecule has 2 heterocycles. The summed E-state index contributed by atoms with van der Waals surface area (Å²) in [4.78, 5) is 27.0. The number of nitrogen functional groups attached to an aromatic ring is 2. The topological polar surface area (TPSA) is 153 Å². The lowest BCUT2D eigenvalue weighted by Gasteiger charge is -2.07. The van der Waals surface area contributed by atoms with Gasteiger partial charge in [-0.3, -0.25) is 0 Å². The Balaban J connectivity index is 1.78. The van der Waals surface area contributed by atoms with Gasteiger partial charge in [0.05, 0.1) is 11.8 Å². The number of fused-ring (bicyclic) bond motifs is 1. The molecule has 0 saturated heterocycles. The summed E-state index contributed by atoms with van der Waals surface area (Å²) in [7, 11) is 0. The smallest absolute Gasteiger partial charge is 0.335 e. The van der Waals surface area contributed by atoms with Crippen molar-refractivity contribution >= 4 is 34.7 Å². The maximum Gasteiger partial charge on any atom is 0.335 e. The molecule has 0 bridgehead atoms. The van der Waals surface area contributed by atoms with E-state index in [1.54, 1.807) is 24.3 Å². The van der Waals surface area contributed by atoms with Gasteiger partial charge in [0.2, 0.25) is 5.95 Å². The highest BCUT2D eigenvalue weighted by molar-refractivity contribution is 5.87. The van der Waals surface area contributed by atoms with Gasteiger partial charge in [-0.05, 0) is 17.7 Å². The van der Waals surface area contributed by atoms with Crippen molar-refractivity contribution in [2.45, 2.75) is 6.54 Å². The quantitative estimate of drug-likeness (QED) is 0.550. The number of carboxylic acid groups (broad SMARTS) is 1. The maximum absolute atomic E-state index is 10.8.